The Morgan fingerprint density at radius 1 is 1.04 bits per heavy atom. The van der Waals surface area contributed by atoms with E-state index in [1.165, 1.54) is 12.4 Å². The van der Waals surface area contributed by atoms with E-state index in [0.717, 1.165) is 0 Å². The minimum atomic E-state index is -0.328. The molecule has 0 saturated heterocycles. The van der Waals surface area contributed by atoms with Crippen molar-refractivity contribution in [2.45, 2.75) is 0 Å². The zero-order valence-electron chi connectivity index (χ0n) is 14.7. The number of ether oxygens (including phenoxy) is 2. The Kier molecular flexibility index (Phi) is 5.73. The average Bonchev–Trinajstić information content (AvgIpc) is 2.69. The molecule has 0 aliphatic heterocycles. The van der Waals surface area contributed by atoms with Gasteiger partial charge in [0.05, 0.1) is 25.5 Å². The second-order valence-corrected chi connectivity index (χ2v) is 5.89. The molecule has 0 saturated carbocycles. The third-order valence-corrected chi connectivity index (χ3v) is 3.89. The number of carbonyl (C=O) groups excluding carboxylic acids is 1. The van der Waals surface area contributed by atoms with Crippen molar-refractivity contribution in [1.29, 1.82) is 0 Å². The molecule has 1 aromatic heterocycles. The molecule has 3 aromatic rings. The molecule has 2 aromatic carbocycles. The van der Waals surface area contributed by atoms with Crippen LogP contribution >= 0.6 is 11.6 Å². The number of nitrogens with zero attached hydrogens (tertiary/aromatic N) is 2. The summed E-state index contributed by atoms with van der Waals surface area (Å²) in [6, 6.07) is 12.2. The largest absolute Gasteiger partial charge is 0.497 e. The third-order valence-electron chi connectivity index (χ3n) is 3.65. The number of hydrogen-bond acceptors (Lipinski definition) is 6. The molecule has 0 radical (unpaired) electrons. The summed E-state index contributed by atoms with van der Waals surface area (Å²) in [5.41, 5.74) is 1.59. The first-order chi connectivity index (χ1) is 13.1. The average molecular weight is 385 g/mol. The normalized spacial score (nSPS) is 10.2. The fourth-order valence-electron chi connectivity index (χ4n) is 2.30. The number of rotatable bonds is 6. The van der Waals surface area contributed by atoms with Gasteiger partial charge in [-0.05, 0) is 30.3 Å². The quantitative estimate of drug-likeness (QED) is 0.664. The predicted octanol–water partition coefficient (Wildman–Crippen LogP) is 4.14. The van der Waals surface area contributed by atoms with Gasteiger partial charge in [-0.3, -0.25) is 4.79 Å². The summed E-state index contributed by atoms with van der Waals surface area (Å²) in [5, 5.41) is 6.33. The van der Waals surface area contributed by atoms with Crippen molar-refractivity contribution in [1.82, 2.24) is 9.97 Å². The highest BCUT2D eigenvalue weighted by atomic mass is 35.5. The molecule has 0 bridgehead atoms. The van der Waals surface area contributed by atoms with Crippen LogP contribution < -0.4 is 20.1 Å². The monoisotopic (exact) mass is 384 g/mol. The molecule has 7 nitrogen and oxygen atoms in total. The van der Waals surface area contributed by atoms with E-state index in [9.17, 15) is 4.79 Å². The van der Waals surface area contributed by atoms with Gasteiger partial charge in [-0.2, -0.15) is 0 Å². The lowest BCUT2D eigenvalue weighted by Crippen LogP contribution is -2.13. The Morgan fingerprint density at radius 2 is 1.81 bits per heavy atom. The summed E-state index contributed by atoms with van der Waals surface area (Å²) < 4.78 is 10.5. The number of hydrogen-bond donors (Lipinski definition) is 2. The Bertz CT molecular complexity index is 948. The SMILES string of the molecule is COc1ccc(Nc2ncc(C(=O)Nc3cccc(Cl)c3)cn2)c(OC)c1. The zero-order chi connectivity index (χ0) is 19.2. The van der Waals surface area contributed by atoms with Gasteiger partial charge in [-0.15, -0.1) is 0 Å². The second-order valence-electron chi connectivity index (χ2n) is 5.45. The molecular formula is C19H17ClN4O3. The first-order valence-electron chi connectivity index (χ1n) is 7.97. The molecule has 0 spiro atoms. The van der Waals surface area contributed by atoms with Crippen LogP contribution in [0.4, 0.5) is 17.3 Å². The maximum atomic E-state index is 12.3. The number of nitrogens with one attached hydrogen (secondary N) is 2. The molecule has 0 fully saturated rings. The Morgan fingerprint density at radius 3 is 2.48 bits per heavy atom. The van der Waals surface area contributed by atoms with Gasteiger partial charge in [0.25, 0.3) is 5.91 Å². The van der Waals surface area contributed by atoms with Crippen LogP contribution in [-0.4, -0.2) is 30.1 Å². The second kappa shape index (κ2) is 8.37. The summed E-state index contributed by atoms with van der Waals surface area (Å²) in [5.74, 6) is 1.26. The van der Waals surface area contributed by atoms with Crippen LogP contribution in [-0.2, 0) is 0 Å². The number of carbonyl (C=O) groups is 1. The van der Waals surface area contributed by atoms with Gasteiger partial charge in [-0.25, -0.2) is 9.97 Å². The summed E-state index contributed by atoms with van der Waals surface area (Å²) in [4.78, 5) is 20.6. The first-order valence-corrected chi connectivity index (χ1v) is 8.35. The van der Waals surface area contributed by atoms with Crippen molar-refractivity contribution in [3.05, 3.63) is 65.4 Å². The summed E-state index contributed by atoms with van der Waals surface area (Å²) in [6.45, 7) is 0. The fourth-order valence-corrected chi connectivity index (χ4v) is 2.49. The molecule has 2 N–H and O–H groups in total. The maximum absolute atomic E-state index is 12.3. The maximum Gasteiger partial charge on any atom is 0.258 e. The number of aromatic nitrogens is 2. The van der Waals surface area contributed by atoms with Crippen LogP contribution in [0.5, 0.6) is 11.5 Å². The minimum Gasteiger partial charge on any atom is -0.497 e. The lowest BCUT2D eigenvalue weighted by molar-refractivity contribution is 0.102. The molecule has 1 amide bonds. The van der Waals surface area contributed by atoms with E-state index in [2.05, 4.69) is 20.6 Å². The van der Waals surface area contributed by atoms with Crippen LogP contribution in [0, 0.1) is 0 Å². The molecule has 0 aliphatic carbocycles. The van der Waals surface area contributed by atoms with Crippen molar-refractivity contribution in [3.63, 3.8) is 0 Å². The standard InChI is InChI=1S/C19H17ClN4O3/c1-26-15-6-7-16(17(9-15)27-2)24-19-21-10-12(11-22-19)18(25)23-14-5-3-4-13(20)8-14/h3-11H,1-2H3,(H,23,25)(H,21,22,24). The van der Waals surface area contributed by atoms with E-state index < -0.39 is 0 Å². The Hall–Kier alpha value is -3.32. The van der Waals surface area contributed by atoms with Crippen molar-refractivity contribution >= 4 is 34.8 Å². The Balaban J connectivity index is 1.71. The third kappa shape index (κ3) is 4.65. The molecular weight excluding hydrogens is 368 g/mol. The van der Waals surface area contributed by atoms with Crippen molar-refractivity contribution < 1.29 is 14.3 Å². The van der Waals surface area contributed by atoms with E-state index in [-0.39, 0.29) is 5.91 Å². The number of amides is 1. The van der Waals surface area contributed by atoms with Gasteiger partial charge in [0.15, 0.2) is 0 Å². The van der Waals surface area contributed by atoms with Gasteiger partial charge in [0, 0.05) is 29.2 Å². The smallest absolute Gasteiger partial charge is 0.258 e. The number of anilines is 3. The molecule has 0 atom stereocenters. The highest BCUT2D eigenvalue weighted by molar-refractivity contribution is 6.30. The summed E-state index contributed by atoms with van der Waals surface area (Å²) in [6.07, 6.45) is 2.87. The van der Waals surface area contributed by atoms with E-state index in [1.54, 1.807) is 56.7 Å². The van der Waals surface area contributed by atoms with Gasteiger partial charge >= 0.3 is 0 Å². The zero-order valence-corrected chi connectivity index (χ0v) is 15.4. The van der Waals surface area contributed by atoms with Crippen LogP contribution in [0.25, 0.3) is 0 Å². The molecule has 138 valence electrons. The molecule has 0 unspecified atom stereocenters. The molecule has 3 rings (SSSR count). The predicted molar refractivity (Wildman–Crippen MR) is 104 cm³/mol. The molecule has 27 heavy (non-hydrogen) atoms. The first kappa shape index (κ1) is 18.5. The lowest BCUT2D eigenvalue weighted by Gasteiger charge is -2.11. The number of halogens is 1. The van der Waals surface area contributed by atoms with Gasteiger partial charge < -0.3 is 20.1 Å². The van der Waals surface area contributed by atoms with E-state index in [1.807, 2.05) is 0 Å². The van der Waals surface area contributed by atoms with Crippen LogP contribution in [0.15, 0.2) is 54.9 Å². The highest BCUT2D eigenvalue weighted by Gasteiger charge is 2.10. The highest BCUT2D eigenvalue weighted by Crippen LogP contribution is 2.30. The number of methoxy groups -OCH3 is 2. The van der Waals surface area contributed by atoms with Crippen LogP contribution in [0.3, 0.4) is 0 Å². The molecule has 0 aliphatic rings. The summed E-state index contributed by atoms with van der Waals surface area (Å²) in [7, 11) is 3.14. The fraction of sp³-hybridized carbons (Fsp3) is 0.105. The van der Waals surface area contributed by atoms with Crippen molar-refractivity contribution in [2.75, 3.05) is 24.9 Å². The number of benzene rings is 2. The van der Waals surface area contributed by atoms with Crippen LogP contribution in [0.2, 0.25) is 5.02 Å². The van der Waals surface area contributed by atoms with Gasteiger partial charge in [0.2, 0.25) is 5.95 Å². The van der Waals surface area contributed by atoms with Crippen molar-refractivity contribution in [3.8, 4) is 11.5 Å². The van der Waals surface area contributed by atoms with E-state index in [4.69, 9.17) is 21.1 Å². The van der Waals surface area contributed by atoms with E-state index >= 15 is 0 Å². The van der Waals surface area contributed by atoms with Gasteiger partial charge in [-0.1, -0.05) is 17.7 Å². The minimum absolute atomic E-state index is 0.322. The van der Waals surface area contributed by atoms with E-state index in [0.29, 0.717) is 39.4 Å². The molecule has 8 heteroatoms. The summed E-state index contributed by atoms with van der Waals surface area (Å²) >= 11 is 5.91. The topological polar surface area (TPSA) is 85.4 Å². The van der Waals surface area contributed by atoms with Gasteiger partial charge in [0.1, 0.15) is 11.5 Å². The van der Waals surface area contributed by atoms with Crippen molar-refractivity contribution in [2.24, 2.45) is 0 Å². The lowest BCUT2D eigenvalue weighted by atomic mass is 10.2. The van der Waals surface area contributed by atoms with Crippen LogP contribution in [0.1, 0.15) is 10.4 Å². The molecule has 1 heterocycles. The Labute approximate surface area is 161 Å².